The van der Waals surface area contributed by atoms with Gasteiger partial charge in [0.1, 0.15) is 36.3 Å². The van der Waals surface area contributed by atoms with Crippen molar-refractivity contribution in [3.05, 3.63) is 47.1 Å². The number of halogens is 1. The quantitative estimate of drug-likeness (QED) is 0.0340. The summed E-state index contributed by atoms with van der Waals surface area (Å²) in [5.74, 6) is -0.960. The van der Waals surface area contributed by atoms with Crippen LogP contribution in [0.3, 0.4) is 0 Å². The molecule has 5 rings (SSSR count). The molecule has 3 aromatic heterocycles. The monoisotopic (exact) mass is 1050 g/mol. The lowest BCUT2D eigenvalue weighted by atomic mass is 9.87. The molecular formula is C33H47BrN9O17P3S. The van der Waals surface area contributed by atoms with Crippen LogP contribution in [0.1, 0.15) is 32.1 Å². The van der Waals surface area contributed by atoms with E-state index in [2.05, 4.69) is 60.7 Å². The van der Waals surface area contributed by atoms with Gasteiger partial charge in [-0.2, -0.15) is 16.1 Å². The molecule has 12 N–H and O–H groups in total. The lowest BCUT2D eigenvalue weighted by molar-refractivity contribution is -0.137. The number of hydrogen-bond donors (Lipinski definition) is 11. The van der Waals surface area contributed by atoms with Gasteiger partial charge in [-0.15, -0.1) is 0 Å². The minimum absolute atomic E-state index is 0.0284. The first-order valence-corrected chi connectivity index (χ1v) is 25.4. The number of H-pyrrole nitrogens is 1. The van der Waals surface area contributed by atoms with Crippen LogP contribution >= 0.6 is 51.2 Å². The molecule has 3 amide bonds. The van der Waals surface area contributed by atoms with Crippen molar-refractivity contribution in [2.75, 3.05) is 50.1 Å². The van der Waals surface area contributed by atoms with E-state index in [0.717, 1.165) is 38.2 Å². The van der Waals surface area contributed by atoms with E-state index >= 15 is 0 Å². The number of phosphoric acid groups is 3. The number of aromatic amines is 1. The molecule has 4 aromatic rings. The van der Waals surface area contributed by atoms with E-state index < -0.39 is 84.6 Å². The number of carbonyl (C=O) groups is 3. The number of aliphatic hydroxyl groups excluding tert-OH is 2. The number of nitrogens with zero attached hydrogens (tertiary/aromatic N) is 4. The van der Waals surface area contributed by atoms with Crippen LogP contribution in [0.25, 0.3) is 22.1 Å². The van der Waals surface area contributed by atoms with E-state index in [1.807, 2.05) is 24.4 Å². The smallest absolute Gasteiger partial charge is 0.386 e. The molecule has 4 heterocycles. The molecule has 2 unspecified atom stereocenters. The summed E-state index contributed by atoms with van der Waals surface area (Å²) in [5.41, 5.74) is 6.34. The number of imidazole rings is 1. The number of benzene rings is 1. The Kier molecular flexibility index (Phi) is 17.7. The van der Waals surface area contributed by atoms with Crippen molar-refractivity contribution in [2.45, 2.75) is 57.3 Å². The van der Waals surface area contributed by atoms with E-state index in [-0.39, 0.29) is 48.2 Å². The number of nitrogens with two attached hydrogens (primary N) is 1. The second-order valence-electron chi connectivity index (χ2n) is 14.7. The van der Waals surface area contributed by atoms with Crippen LogP contribution in [0.5, 0.6) is 0 Å². The highest BCUT2D eigenvalue weighted by Gasteiger charge is 2.50. The molecule has 0 spiro atoms. The summed E-state index contributed by atoms with van der Waals surface area (Å²) < 4.78 is 63.3. The topological polar surface area (TPSA) is 391 Å². The Morgan fingerprint density at radius 1 is 1.03 bits per heavy atom. The van der Waals surface area contributed by atoms with Crippen LogP contribution in [0.2, 0.25) is 0 Å². The van der Waals surface area contributed by atoms with Crippen LogP contribution in [0, 0.1) is 5.41 Å². The maximum atomic E-state index is 12.7. The van der Waals surface area contributed by atoms with Gasteiger partial charge in [-0.05, 0) is 30.2 Å². The zero-order valence-corrected chi connectivity index (χ0v) is 39.0. The van der Waals surface area contributed by atoms with Gasteiger partial charge in [0.15, 0.2) is 17.7 Å². The number of aliphatic hydroxyl groups is 2. The first-order chi connectivity index (χ1) is 29.9. The van der Waals surface area contributed by atoms with Crippen LogP contribution in [-0.4, -0.2) is 141 Å². The highest BCUT2D eigenvalue weighted by Crippen LogP contribution is 2.61. The van der Waals surface area contributed by atoms with E-state index in [9.17, 15) is 57.9 Å². The third kappa shape index (κ3) is 14.5. The predicted molar refractivity (Wildman–Crippen MR) is 230 cm³/mol. The van der Waals surface area contributed by atoms with Gasteiger partial charge < -0.3 is 61.2 Å². The number of phosphoric ester groups is 3. The molecule has 0 aliphatic carbocycles. The van der Waals surface area contributed by atoms with Gasteiger partial charge in [-0.25, -0.2) is 28.6 Å². The average Bonchev–Trinajstić information content (AvgIpc) is 3.90. The van der Waals surface area contributed by atoms with Crippen LogP contribution in [0.15, 0.2) is 41.5 Å². The number of aromatic nitrogens is 5. The molecule has 1 aliphatic heterocycles. The highest BCUT2D eigenvalue weighted by atomic mass is 79.9. The molecule has 64 heavy (non-hydrogen) atoms. The summed E-state index contributed by atoms with van der Waals surface area (Å²) in [6.45, 7) is 0.990. The highest BCUT2D eigenvalue weighted by molar-refractivity contribution is 9.10. The Balaban J connectivity index is 0.985. The van der Waals surface area contributed by atoms with Crippen molar-refractivity contribution in [1.82, 2.24) is 40.5 Å². The van der Waals surface area contributed by atoms with Crippen LogP contribution in [-0.2, 0) is 57.1 Å². The Morgan fingerprint density at radius 2 is 1.75 bits per heavy atom. The molecule has 1 saturated heterocycles. The Hall–Kier alpha value is -3.40. The molecule has 0 bridgehead atoms. The van der Waals surface area contributed by atoms with E-state index in [0.29, 0.717) is 18.7 Å². The number of anilines is 1. The Labute approximate surface area is 376 Å². The van der Waals surface area contributed by atoms with Gasteiger partial charge in [-0.3, -0.25) is 32.5 Å². The van der Waals surface area contributed by atoms with Crippen molar-refractivity contribution < 1.29 is 80.5 Å². The van der Waals surface area contributed by atoms with Gasteiger partial charge in [0.05, 0.1) is 25.3 Å². The number of hydrogen-bond acceptors (Lipinski definition) is 18. The molecule has 1 fully saturated rings. The SMILES string of the molecule is CC(C)(COP(=O)(O)OP(=O)(O)OC[C@@H]1O[C@@H](n2cnc3c(N)ncnc32)[C@H](O)[C@H]1OP(=O)(O)O)[C@@H](O)C(=O)NCCC(=O)NCCSCC(=O)NCCc1c[nH]c2ccc(Br)cc12. The van der Waals surface area contributed by atoms with Crippen molar-refractivity contribution in [2.24, 2.45) is 5.41 Å². The van der Waals surface area contributed by atoms with Gasteiger partial charge >= 0.3 is 23.5 Å². The van der Waals surface area contributed by atoms with E-state index in [1.165, 1.54) is 25.6 Å². The lowest BCUT2D eigenvalue weighted by Crippen LogP contribution is -2.46. The fourth-order valence-electron chi connectivity index (χ4n) is 6.11. The van der Waals surface area contributed by atoms with Crippen molar-refractivity contribution in [3.8, 4) is 0 Å². The number of fused-ring (bicyclic) bond motifs is 2. The Morgan fingerprint density at radius 3 is 2.48 bits per heavy atom. The maximum absolute atomic E-state index is 12.7. The Bertz CT molecular complexity index is 2440. The fraction of sp³-hybridized carbons (Fsp3) is 0.515. The third-order valence-corrected chi connectivity index (χ3v) is 13.9. The lowest BCUT2D eigenvalue weighted by Gasteiger charge is -2.30. The van der Waals surface area contributed by atoms with Gasteiger partial charge in [0.2, 0.25) is 17.7 Å². The molecule has 1 aliphatic rings. The molecule has 1 aromatic carbocycles. The number of amides is 3. The minimum atomic E-state index is -5.58. The molecule has 354 valence electrons. The summed E-state index contributed by atoms with van der Waals surface area (Å²) in [6, 6.07) is 5.92. The maximum Gasteiger partial charge on any atom is 0.481 e. The molecule has 31 heteroatoms. The standard InChI is InChI=1S/C33H47BrN9O17P3S/c1-33(2,28(47)31(48)38-8-6-23(44)37-9-10-64-14-24(45)36-7-5-18-12-39-21-4-3-19(34)11-20(18)21)15-57-63(54,55)60-62(52,53)56-13-22-27(59-61(49,50)51)26(46)32(58-22)43-17-42-25-29(35)40-16-41-30(25)43/h3-4,11-12,16-17,22,26-28,32,39,46-47H,5-10,13-15H2,1-2H3,(H,36,45)(H,37,44)(H,38,48)(H,52,53)(H,54,55)(H2,35,40,41)(H2,49,50,51)/t22-,26+,27-,28-,32+/m0/s1. The largest absolute Gasteiger partial charge is 0.481 e. The zero-order valence-electron chi connectivity index (χ0n) is 33.9. The number of ether oxygens (including phenoxy) is 1. The van der Waals surface area contributed by atoms with Crippen LogP contribution in [0.4, 0.5) is 5.82 Å². The zero-order chi connectivity index (χ0) is 47.0. The normalized spacial score (nSPS) is 20.5. The predicted octanol–water partition coefficient (Wildman–Crippen LogP) is 0.741. The summed E-state index contributed by atoms with van der Waals surface area (Å²) in [7, 11) is -16.4. The molecule has 0 radical (unpaired) electrons. The molecule has 0 saturated carbocycles. The second-order valence-corrected chi connectivity index (χ2v) is 21.0. The summed E-state index contributed by atoms with van der Waals surface area (Å²) in [5, 5.41) is 30.5. The summed E-state index contributed by atoms with van der Waals surface area (Å²) in [6.07, 6.45) is -4.38. The molecule has 7 atom stereocenters. The van der Waals surface area contributed by atoms with Gasteiger partial charge in [0.25, 0.3) is 0 Å². The number of carbonyl (C=O) groups excluding carboxylic acids is 3. The van der Waals surface area contributed by atoms with E-state index in [4.69, 9.17) is 19.5 Å². The number of nitrogen functional groups attached to an aromatic ring is 1. The first kappa shape index (κ1) is 51.6. The molecule has 26 nitrogen and oxygen atoms in total. The van der Waals surface area contributed by atoms with Crippen molar-refractivity contribution in [3.63, 3.8) is 0 Å². The summed E-state index contributed by atoms with van der Waals surface area (Å²) in [4.78, 5) is 91.5. The first-order valence-electron chi connectivity index (χ1n) is 18.9. The van der Waals surface area contributed by atoms with Crippen molar-refractivity contribution >= 4 is 96.8 Å². The fourth-order valence-corrected chi connectivity index (χ4v) is 9.98. The summed E-state index contributed by atoms with van der Waals surface area (Å²) >= 11 is 4.79. The number of rotatable bonds is 24. The van der Waals surface area contributed by atoms with E-state index in [1.54, 1.807) is 0 Å². The third-order valence-electron chi connectivity index (χ3n) is 9.33. The average molecular weight is 1050 g/mol. The molecular weight excluding hydrogens is 999 g/mol. The van der Waals surface area contributed by atoms with Crippen LogP contribution < -0.4 is 21.7 Å². The number of nitrogens with one attached hydrogen (secondary N) is 4. The second kappa shape index (κ2) is 21.9. The minimum Gasteiger partial charge on any atom is -0.386 e. The van der Waals surface area contributed by atoms with Gasteiger partial charge in [0, 0.05) is 58.8 Å². The van der Waals surface area contributed by atoms with Gasteiger partial charge in [-0.1, -0.05) is 29.8 Å². The van der Waals surface area contributed by atoms with Crippen molar-refractivity contribution in [1.29, 1.82) is 0 Å². The number of thioether (sulfide) groups is 1.